The van der Waals surface area contributed by atoms with Crippen LogP contribution in [0.1, 0.15) is 36.8 Å². The molecule has 2 aromatic carbocycles. The second-order valence-corrected chi connectivity index (χ2v) is 6.15. The molecule has 0 radical (unpaired) electrons. The average molecular weight is 309 g/mol. The third-order valence-electron chi connectivity index (χ3n) is 4.55. The maximum absolute atomic E-state index is 11.1. The molecule has 0 amide bonds. The standard InChI is InChI=1S/C20H23NO2/c1-16(22)23-21-14-12-19(13-15-21)20(17-8-4-2-5-9-17)18-10-6-3-7-11-18/h2-11,19-20H,12-15H2,1H3. The molecule has 2 aromatic rings. The van der Waals surface area contributed by atoms with Gasteiger partial charge in [0.25, 0.3) is 0 Å². The number of benzene rings is 2. The zero-order valence-corrected chi connectivity index (χ0v) is 13.5. The molecular formula is C20H23NO2. The zero-order chi connectivity index (χ0) is 16.1. The van der Waals surface area contributed by atoms with Crippen LogP contribution in [0.15, 0.2) is 60.7 Å². The van der Waals surface area contributed by atoms with Crippen LogP contribution in [0.4, 0.5) is 0 Å². The van der Waals surface area contributed by atoms with Crippen LogP contribution < -0.4 is 0 Å². The second-order valence-electron chi connectivity index (χ2n) is 6.15. The molecule has 3 rings (SSSR count). The van der Waals surface area contributed by atoms with Gasteiger partial charge in [-0.15, -0.1) is 5.06 Å². The van der Waals surface area contributed by atoms with Gasteiger partial charge in [-0.2, -0.15) is 0 Å². The Labute approximate surface area is 137 Å². The lowest BCUT2D eigenvalue weighted by atomic mass is 9.76. The maximum Gasteiger partial charge on any atom is 0.322 e. The molecule has 0 aliphatic carbocycles. The molecule has 1 aliphatic rings. The first-order valence-corrected chi connectivity index (χ1v) is 8.27. The van der Waals surface area contributed by atoms with Crippen LogP contribution in [0.25, 0.3) is 0 Å². The number of hydroxylamine groups is 2. The molecule has 120 valence electrons. The summed E-state index contributed by atoms with van der Waals surface area (Å²) in [5.41, 5.74) is 2.73. The van der Waals surface area contributed by atoms with Gasteiger partial charge in [0.05, 0.1) is 0 Å². The van der Waals surface area contributed by atoms with Gasteiger partial charge in [-0.25, -0.2) is 0 Å². The molecule has 1 heterocycles. The van der Waals surface area contributed by atoms with Gasteiger partial charge in [0.2, 0.25) is 0 Å². The van der Waals surface area contributed by atoms with Gasteiger partial charge in [-0.1, -0.05) is 60.7 Å². The van der Waals surface area contributed by atoms with E-state index in [-0.39, 0.29) is 5.97 Å². The minimum absolute atomic E-state index is 0.230. The fourth-order valence-electron chi connectivity index (χ4n) is 3.54. The van der Waals surface area contributed by atoms with Crippen LogP contribution in [-0.2, 0) is 9.63 Å². The number of carbonyl (C=O) groups excluding carboxylic acids is 1. The molecule has 1 fully saturated rings. The monoisotopic (exact) mass is 309 g/mol. The summed E-state index contributed by atoms with van der Waals surface area (Å²) in [5.74, 6) is 0.731. The van der Waals surface area contributed by atoms with E-state index in [0.29, 0.717) is 11.8 Å². The highest BCUT2D eigenvalue weighted by atomic mass is 16.7. The van der Waals surface area contributed by atoms with Gasteiger partial charge < -0.3 is 4.84 Å². The first-order chi connectivity index (χ1) is 11.2. The SMILES string of the molecule is CC(=O)ON1CCC(C(c2ccccc2)c2ccccc2)CC1. The highest BCUT2D eigenvalue weighted by Gasteiger charge is 2.29. The van der Waals surface area contributed by atoms with Crippen molar-refractivity contribution in [2.24, 2.45) is 5.92 Å². The molecule has 0 saturated carbocycles. The van der Waals surface area contributed by atoms with Crippen molar-refractivity contribution in [3.63, 3.8) is 0 Å². The van der Waals surface area contributed by atoms with Crippen LogP contribution in [0.2, 0.25) is 0 Å². The highest BCUT2D eigenvalue weighted by Crippen LogP contribution is 2.37. The van der Waals surface area contributed by atoms with E-state index in [0.717, 1.165) is 25.9 Å². The van der Waals surface area contributed by atoms with Gasteiger partial charge >= 0.3 is 5.97 Å². The average Bonchev–Trinajstić information content (AvgIpc) is 2.58. The fourth-order valence-corrected chi connectivity index (χ4v) is 3.54. The van der Waals surface area contributed by atoms with Crippen LogP contribution in [0.5, 0.6) is 0 Å². The lowest BCUT2D eigenvalue weighted by Crippen LogP contribution is -2.37. The summed E-state index contributed by atoms with van der Waals surface area (Å²) in [6, 6.07) is 21.4. The van der Waals surface area contributed by atoms with Crippen LogP contribution in [0.3, 0.4) is 0 Å². The molecule has 0 unspecified atom stereocenters. The molecule has 0 spiro atoms. The number of nitrogens with zero attached hydrogens (tertiary/aromatic N) is 1. The van der Waals surface area contributed by atoms with Gasteiger partial charge in [0, 0.05) is 25.9 Å². The highest BCUT2D eigenvalue weighted by molar-refractivity contribution is 5.65. The van der Waals surface area contributed by atoms with Crippen molar-refractivity contribution in [1.29, 1.82) is 0 Å². The number of hydrogen-bond acceptors (Lipinski definition) is 3. The van der Waals surface area contributed by atoms with Crippen LogP contribution in [0, 0.1) is 5.92 Å². The molecule has 3 heteroatoms. The van der Waals surface area contributed by atoms with Gasteiger partial charge in [-0.3, -0.25) is 4.79 Å². The second kappa shape index (κ2) is 7.42. The Hall–Kier alpha value is -2.13. The van der Waals surface area contributed by atoms with Crippen molar-refractivity contribution in [3.8, 4) is 0 Å². The van der Waals surface area contributed by atoms with E-state index in [2.05, 4.69) is 60.7 Å². The summed E-state index contributed by atoms with van der Waals surface area (Å²) in [7, 11) is 0. The normalized spacial score (nSPS) is 16.4. The molecule has 0 atom stereocenters. The van der Waals surface area contributed by atoms with Gasteiger partial charge in [0.1, 0.15) is 0 Å². The molecule has 0 bridgehead atoms. The summed E-state index contributed by atoms with van der Waals surface area (Å²) in [4.78, 5) is 16.3. The molecular weight excluding hydrogens is 286 g/mol. The third kappa shape index (κ3) is 3.99. The van der Waals surface area contributed by atoms with Crippen LogP contribution >= 0.6 is 0 Å². The van der Waals surface area contributed by atoms with E-state index < -0.39 is 0 Å². The predicted octanol–water partition coefficient (Wildman–Crippen LogP) is 4.01. The molecule has 0 aromatic heterocycles. The van der Waals surface area contributed by atoms with E-state index >= 15 is 0 Å². The Morgan fingerprint density at radius 2 is 1.43 bits per heavy atom. The van der Waals surface area contributed by atoms with E-state index in [9.17, 15) is 4.79 Å². The van der Waals surface area contributed by atoms with Crippen molar-refractivity contribution in [2.45, 2.75) is 25.7 Å². The molecule has 0 N–H and O–H groups in total. The Balaban J connectivity index is 1.79. The minimum Gasteiger partial charge on any atom is -0.368 e. The zero-order valence-electron chi connectivity index (χ0n) is 13.5. The third-order valence-corrected chi connectivity index (χ3v) is 4.55. The lowest BCUT2D eigenvalue weighted by molar-refractivity contribution is -0.194. The smallest absolute Gasteiger partial charge is 0.322 e. The van der Waals surface area contributed by atoms with Crippen LogP contribution in [-0.4, -0.2) is 24.1 Å². The Morgan fingerprint density at radius 1 is 0.957 bits per heavy atom. The van der Waals surface area contributed by atoms with E-state index in [1.807, 2.05) is 0 Å². The van der Waals surface area contributed by atoms with Crippen molar-refractivity contribution < 1.29 is 9.63 Å². The van der Waals surface area contributed by atoms with E-state index in [1.54, 1.807) is 5.06 Å². The topological polar surface area (TPSA) is 29.5 Å². The largest absolute Gasteiger partial charge is 0.368 e. The molecule has 23 heavy (non-hydrogen) atoms. The summed E-state index contributed by atoms with van der Waals surface area (Å²) in [6.45, 7) is 3.07. The van der Waals surface area contributed by atoms with Crippen molar-refractivity contribution in [1.82, 2.24) is 5.06 Å². The van der Waals surface area contributed by atoms with Crippen molar-refractivity contribution >= 4 is 5.97 Å². The predicted molar refractivity (Wildman–Crippen MR) is 90.8 cm³/mol. The summed E-state index contributed by atoms with van der Waals surface area (Å²) < 4.78 is 0. The van der Waals surface area contributed by atoms with Crippen molar-refractivity contribution in [2.75, 3.05) is 13.1 Å². The number of piperidine rings is 1. The quantitative estimate of drug-likeness (QED) is 0.854. The summed E-state index contributed by atoms with van der Waals surface area (Å²) >= 11 is 0. The number of hydrogen-bond donors (Lipinski definition) is 0. The van der Waals surface area contributed by atoms with E-state index in [4.69, 9.17) is 4.84 Å². The summed E-state index contributed by atoms with van der Waals surface area (Å²) in [6.07, 6.45) is 2.06. The van der Waals surface area contributed by atoms with E-state index in [1.165, 1.54) is 18.1 Å². The molecule has 1 saturated heterocycles. The van der Waals surface area contributed by atoms with Gasteiger partial charge in [0.15, 0.2) is 0 Å². The number of carbonyl (C=O) groups is 1. The molecule has 3 nitrogen and oxygen atoms in total. The summed E-state index contributed by atoms with van der Waals surface area (Å²) in [5, 5.41) is 1.80. The number of rotatable bonds is 4. The maximum atomic E-state index is 11.1. The first kappa shape index (κ1) is 15.8. The fraction of sp³-hybridized carbons (Fsp3) is 0.350. The molecule has 1 aliphatic heterocycles. The van der Waals surface area contributed by atoms with Gasteiger partial charge in [-0.05, 0) is 29.9 Å². The van der Waals surface area contributed by atoms with Crippen molar-refractivity contribution in [3.05, 3.63) is 71.8 Å². The first-order valence-electron chi connectivity index (χ1n) is 8.27. The lowest BCUT2D eigenvalue weighted by Gasteiger charge is -2.35. The minimum atomic E-state index is -0.230. The Morgan fingerprint density at radius 3 is 1.87 bits per heavy atom. The Kier molecular flexibility index (Phi) is 5.09. The Bertz CT molecular complexity index is 579.